The molecule has 17 heavy (non-hydrogen) atoms. The van der Waals surface area contributed by atoms with Crippen molar-refractivity contribution in [2.24, 2.45) is 0 Å². The Balaban J connectivity index is 2.55. The van der Waals surface area contributed by atoms with E-state index in [1.165, 1.54) is 16.9 Å². The molecule has 1 aromatic carbocycles. The van der Waals surface area contributed by atoms with Crippen molar-refractivity contribution in [2.45, 2.75) is 13.5 Å². The average molecular weight is 314 g/mol. The van der Waals surface area contributed by atoms with Crippen molar-refractivity contribution in [2.75, 3.05) is 7.11 Å². The lowest BCUT2D eigenvalue weighted by atomic mass is 10.1. The molecule has 0 aliphatic rings. The van der Waals surface area contributed by atoms with Gasteiger partial charge in [-0.05, 0) is 18.6 Å². The zero-order chi connectivity index (χ0) is 12.4. The van der Waals surface area contributed by atoms with Gasteiger partial charge in [-0.25, -0.2) is 4.98 Å². The summed E-state index contributed by atoms with van der Waals surface area (Å²) in [6.07, 6.45) is 0. The van der Waals surface area contributed by atoms with Gasteiger partial charge >= 0.3 is 0 Å². The first-order chi connectivity index (χ1) is 8.15. The van der Waals surface area contributed by atoms with Crippen LogP contribution in [0.5, 0.6) is 5.19 Å². The second-order valence-corrected chi connectivity index (χ2v) is 5.50. The molecule has 0 atom stereocenters. The van der Waals surface area contributed by atoms with Crippen molar-refractivity contribution in [1.29, 1.82) is 0 Å². The first kappa shape index (κ1) is 12.5. The van der Waals surface area contributed by atoms with Gasteiger partial charge in [0.2, 0.25) is 0 Å². The SMILES string of the molecule is COc1nc(-c2ccc(C)cc2Br)c(CO)s1. The number of benzene rings is 1. The Morgan fingerprint density at radius 3 is 2.82 bits per heavy atom. The van der Waals surface area contributed by atoms with Crippen molar-refractivity contribution >= 4 is 27.3 Å². The number of hydrogen-bond donors (Lipinski definition) is 1. The number of aliphatic hydroxyl groups is 1. The number of aromatic nitrogens is 1. The van der Waals surface area contributed by atoms with Crippen LogP contribution in [0.3, 0.4) is 0 Å². The number of nitrogens with zero attached hydrogens (tertiary/aromatic N) is 1. The van der Waals surface area contributed by atoms with Crippen molar-refractivity contribution in [3.8, 4) is 16.5 Å². The zero-order valence-electron chi connectivity index (χ0n) is 9.53. The van der Waals surface area contributed by atoms with E-state index in [2.05, 4.69) is 20.9 Å². The standard InChI is InChI=1S/C12H12BrNO2S/c1-7-3-4-8(9(13)5-7)11-10(6-15)17-12(14-11)16-2/h3-5,15H,6H2,1-2H3. The second-order valence-electron chi connectivity index (χ2n) is 3.60. The zero-order valence-corrected chi connectivity index (χ0v) is 11.9. The number of rotatable bonds is 3. The summed E-state index contributed by atoms with van der Waals surface area (Å²) in [4.78, 5) is 5.18. The van der Waals surface area contributed by atoms with Gasteiger partial charge in [-0.1, -0.05) is 39.4 Å². The molecule has 5 heteroatoms. The quantitative estimate of drug-likeness (QED) is 0.944. The van der Waals surface area contributed by atoms with Crippen LogP contribution in [0.1, 0.15) is 10.4 Å². The number of aliphatic hydroxyl groups excluding tert-OH is 1. The molecule has 0 amide bonds. The predicted octanol–water partition coefficient (Wildman–Crippen LogP) is 3.38. The number of halogens is 1. The van der Waals surface area contributed by atoms with Crippen molar-refractivity contribution in [1.82, 2.24) is 4.98 Å². The maximum Gasteiger partial charge on any atom is 0.273 e. The van der Waals surface area contributed by atoms with E-state index in [4.69, 9.17) is 4.74 Å². The van der Waals surface area contributed by atoms with Crippen LogP contribution in [-0.4, -0.2) is 17.2 Å². The largest absolute Gasteiger partial charge is 0.473 e. The molecular formula is C12H12BrNO2S. The second kappa shape index (κ2) is 5.16. The van der Waals surface area contributed by atoms with Crippen molar-refractivity contribution < 1.29 is 9.84 Å². The summed E-state index contributed by atoms with van der Waals surface area (Å²) < 4.78 is 6.08. The first-order valence-corrected chi connectivity index (χ1v) is 6.67. The summed E-state index contributed by atoms with van der Waals surface area (Å²) in [5.41, 5.74) is 2.92. The molecule has 3 nitrogen and oxygen atoms in total. The Kier molecular flexibility index (Phi) is 3.81. The summed E-state index contributed by atoms with van der Waals surface area (Å²) in [6.45, 7) is 2.00. The molecule has 1 aromatic heterocycles. The lowest BCUT2D eigenvalue weighted by Crippen LogP contribution is -1.88. The number of ether oxygens (including phenoxy) is 1. The number of hydrogen-bond acceptors (Lipinski definition) is 4. The highest BCUT2D eigenvalue weighted by atomic mass is 79.9. The van der Waals surface area contributed by atoms with Crippen molar-refractivity contribution in [3.05, 3.63) is 33.1 Å². The van der Waals surface area contributed by atoms with E-state index >= 15 is 0 Å². The van der Waals surface area contributed by atoms with Crippen LogP contribution in [0.2, 0.25) is 0 Å². The highest BCUT2D eigenvalue weighted by molar-refractivity contribution is 9.10. The number of thiazole rings is 1. The number of methoxy groups -OCH3 is 1. The summed E-state index contributed by atoms with van der Waals surface area (Å²) >= 11 is 4.88. The molecule has 0 radical (unpaired) electrons. The Bertz CT molecular complexity index is 539. The maximum absolute atomic E-state index is 9.33. The summed E-state index contributed by atoms with van der Waals surface area (Å²) in [5, 5.41) is 9.90. The molecule has 1 N–H and O–H groups in total. The molecule has 90 valence electrons. The minimum atomic E-state index is -0.0311. The van der Waals surface area contributed by atoms with E-state index in [9.17, 15) is 5.11 Å². The normalized spacial score (nSPS) is 10.6. The topological polar surface area (TPSA) is 42.4 Å². The van der Waals surface area contributed by atoms with Gasteiger partial charge in [0.15, 0.2) is 0 Å². The van der Waals surface area contributed by atoms with Crippen molar-refractivity contribution in [3.63, 3.8) is 0 Å². The fraction of sp³-hybridized carbons (Fsp3) is 0.250. The fourth-order valence-electron chi connectivity index (χ4n) is 1.55. The molecule has 0 saturated carbocycles. The fourth-order valence-corrected chi connectivity index (χ4v) is 2.98. The van der Waals surface area contributed by atoms with Crippen LogP contribution < -0.4 is 4.74 Å². The molecule has 0 spiro atoms. The highest BCUT2D eigenvalue weighted by Crippen LogP contribution is 2.36. The predicted molar refractivity (Wildman–Crippen MR) is 72.5 cm³/mol. The Morgan fingerprint density at radius 1 is 1.47 bits per heavy atom. The smallest absolute Gasteiger partial charge is 0.273 e. The van der Waals surface area contributed by atoms with Gasteiger partial charge in [-0.2, -0.15) is 0 Å². The molecular weight excluding hydrogens is 302 g/mol. The summed E-state index contributed by atoms with van der Waals surface area (Å²) in [7, 11) is 1.58. The monoisotopic (exact) mass is 313 g/mol. The molecule has 2 rings (SSSR count). The van der Waals surface area contributed by atoms with E-state index in [0.29, 0.717) is 5.19 Å². The van der Waals surface area contributed by atoms with Gasteiger partial charge in [-0.3, -0.25) is 0 Å². The van der Waals surface area contributed by atoms with Crippen LogP contribution in [0.15, 0.2) is 22.7 Å². The van der Waals surface area contributed by atoms with Crippen LogP contribution in [0, 0.1) is 6.92 Å². The Hall–Kier alpha value is -0.910. The van der Waals surface area contributed by atoms with Crippen LogP contribution in [0.4, 0.5) is 0 Å². The summed E-state index contributed by atoms with van der Waals surface area (Å²) in [5.74, 6) is 0. The van der Waals surface area contributed by atoms with Crippen LogP contribution in [0.25, 0.3) is 11.3 Å². The van der Waals surface area contributed by atoms with Gasteiger partial charge in [0.05, 0.1) is 24.3 Å². The lowest BCUT2D eigenvalue weighted by Gasteiger charge is -2.04. The van der Waals surface area contributed by atoms with E-state index in [1.807, 2.05) is 25.1 Å². The lowest BCUT2D eigenvalue weighted by molar-refractivity contribution is 0.286. The van der Waals surface area contributed by atoms with Gasteiger partial charge in [0, 0.05) is 10.0 Å². The molecule has 0 aliphatic carbocycles. The third kappa shape index (κ3) is 2.51. The van der Waals surface area contributed by atoms with Gasteiger partial charge in [0.1, 0.15) is 0 Å². The van der Waals surface area contributed by atoms with Gasteiger partial charge < -0.3 is 9.84 Å². The molecule has 0 saturated heterocycles. The minimum Gasteiger partial charge on any atom is -0.473 e. The maximum atomic E-state index is 9.33. The third-order valence-electron chi connectivity index (χ3n) is 2.38. The molecule has 0 fully saturated rings. The Morgan fingerprint density at radius 2 is 2.24 bits per heavy atom. The number of aryl methyl sites for hydroxylation is 1. The molecule has 1 heterocycles. The highest BCUT2D eigenvalue weighted by Gasteiger charge is 2.15. The summed E-state index contributed by atoms with van der Waals surface area (Å²) in [6, 6.07) is 6.04. The molecule has 0 aliphatic heterocycles. The van der Waals surface area contributed by atoms with Crippen LogP contribution >= 0.6 is 27.3 Å². The first-order valence-electron chi connectivity index (χ1n) is 5.06. The molecule has 2 aromatic rings. The van der Waals surface area contributed by atoms with Gasteiger partial charge in [0.25, 0.3) is 5.19 Å². The van der Waals surface area contributed by atoms with Crippen LogP contribution in [-0.2, 0) is 6.61 Å². The third-order valence-corrected chi connectivity index (χ3v) is 4.03. The minimum absolute atomic E-state index is 0.0311. The molecule has 0 bridgehead atoms. The Labute approximate surface area is 112 Å². The molecule has 0 unspecified atom stereocenters. The van der Waals surface area contributed by atoms with E-state index in [-0.39, 0.29) is 6.61 Å². The van der Waals surface area contributed by atoms with Gasteiger partial charge in [-0.15, -0.1) is 0 Å². The average Bonchev–Trinajstić information content (AvgIpc) is 2.72. The van der Waals surface area contributed by atoms with E-state index < -0.39 is 0 Å². The van der Waals surface area contributed by atoms with E-state index in [0.717, 1.165) is 20.6 Å². The van der Waals surface area contributed by atoms with E-state index in [1.54, 1.807) is 7.11 Å².